The van der Waals surface area contributed by atoms with E-state index in [-0.39, 0.29) is 5.60 Å². The molecule has 102 valence electrons. The summed E-state index contributed by atoms with van der Waals surface area (Å²) in [6.45, 7) is 9.12. The van der Waals surface area contributed by atoms with Gasteiger partial charge in [-0.15, -0.1) is 0 Å². The van der Waals surface area contributed by atoms with E-state index in [4.69, 9.17) is 15.5 Å². The summed E-state index contributed by atoms with van der Waals surface area (Å²) in [5.41, 5.74) is 10.1. The number of nitrogens with one attached hydrogen (secondary N) is 1. The number of pyridine rings is 1. The van der Waals surface area contributed by atoms with Crippen molar-refractivity contribution >= 4 is 16.9 Å². The van der Waals surface area contributed by atoms with Crippen molar-refractivity contribution in [2.75, 3.05) is 5.73 Å². The molecule has 0 aromatic carbocycles. The maximum atomic E-state index is 5.98. The van der Waals surface area contributed by atoms with E-state index in [2.05, 4.69) is 37.9 Å². The first kappa shape index (κ1) is 12.4. The second-order valence-corrected chi connectivity index (χ2v) is 6.17. The molecule has 0 saturated carbocycles. The Morgan fingerprint density at radius 3 is 2.74 bits per heavy atom. The molecule has 19 heavy (non-hydrogen) atoms. The second kappa shape index (κ2) is 3.93. The van der Waals surface area contributed by atoms with Crippen LogP contribution in [0.1, 0.15) is 50.4 Å². The highest BCUT2D eigenvalue weighted by Crippen LogP contribution is 2.37. The topological polar surface area (TPSA) is 76.8 Å². The molecule has 1 aliphatic rings. The molecule has 3 rings (SSSR count). The van der Waals surface area contributed by atoms with Gasteiger partial charge in [0, 0.05) is 12.1 Å². The first-order valence-corrected chi connectivity index (χ1v) is 6.68. The smallest absolute Gasteiger partial charge is 0.183 e. The fourth-order valence-corrected chi connectivity index (χ4v) is 2.79. The molecule has 2 aromatic heterocycles. The number of H-pyrrole nitrogens is 1. The van der Waals surface area contributed by atoms with Gasteiger partial charge in [-0.05, 0) is 30.9 Å². The standard InChI is InChI=1S/C14H20N4O/c1-7(2)11-8-5-14(3,4)19-6-9(8)10-12(15)17-18-13(10)16-11/h7H,5-6H2,1-4H3,(H3,15,16,17,18). The second-order valence-electron chi connectivity index (χ2n) is 6.17. The lowest BCUT2D eigenvalue weighted by Crippen LogP contribution is -2.33. The number of anilines is 1. The minimum Gasteiger partial charge on any atom is -0.384 e. The molecule has 0 amide bonds. The molecule has 5 nitrogen and oxygen atoms in total. The zero-order valence-corrected chi connectivity index (χ0v) is 11.9. The number of fused-ring (bicyclic) bond motifs is 3. The van der Waals surface area contributed by atoms with Crippen molar-refractivity contribution in [2.24, 2.45) is 0 Å². The minimum atomic E-state index is -0.148. The van der Waals surface area contributed by atoms with E-state index in [1.807, 2.05) is 0 Å². The molecule has 0 aliphatic carbocycles. The molecule has 3 heterocycles. The molecule has 5 heteroatoms. The van der Waals surface area contributed by atoms with Gasteiger partial charge in [0.2, 0.25) is 0 Å². The zero-order chi connectivity index (χ0) is 13.8. The van der Waals surface area contributed by atoms with Gasteiger partial charge < -0.3 is 10.5 Å². The largest absolute Gasteiger partial charge is 0.384 e. The molecule has 0 radical (unpaired) electrons. The zero-order valence-electron chi connectivity index (χ0n) is 11.9. The van der Waals surface area contributed by atoms with Gasteiger partial charge >= 0.3 is 0 Å². The van der Waals surface area contributed by atoms with Gasteiger partial charge in [0.05, 0.1) is 17.6 Å². The van der Waals surface area contributed by atoms with Gasteiger partial charge in [0.25, 0.3) is 0 Å². The van der Waals surface area contributed by atoms with E-state index in [9.17, 15) is 0 Å². The quantitative estimate of drug-likeness (QED) is 0.826. The number of rotatable bonds is 1. The Morgan fingerprint density at radius 1 is 1.32 bits per heavy atom. The van der Waals surface area contributed by atoms with Gasteiger partial charge in [-0.2, -0.15) is 5.10 Å². The lowest BCUT2D eigenvalue weighted by molar-refractivity contribution is -0.0398. The lowest BCUT2D eigenvalue weighted by atomic mass is 9.87. The molecular weight excluding hydrogens is 240 g/mol. The Bertz CT molecular complexity index is 642. The van der Waals surface area contributed by atoms with Crippen molar-refractivity contribution in [3.63, 3.8) is 0 Å². The van der Waals surface area contributed by atoms with Crippen LogP contribution in [0.15, 0.2) is 0 Å². The Kier molecular flexibility index (Phi) is 2.57. The number of ether oxygens (including phenoxy) is 1. The number of hydrogen-bond acceptors (Lipinski definition) is 4. The van der Waals surface area contributed by atoms with Gasteiger partial charge in [0.1, 0.15) is 5.82 Å². The van der Waals surface area contributed by atoms with E-state index in [0.29, 0.717) is 24.0 Å². The number of nitrogens with two attached hydrogens (primary N) is 1. The maximum Gasteiger partial charge on any atom is 0.183 e. The Labute approximate surface area is 112 Å². The Morgan fingerprint density at radius 2 is 2.05 bits per heavy atom. The summed E-state index contributed by atoms with van der Waals surface area (Å²) < 4.78 is 5.93. The van der Waals surface area contributed by atoms with Crippen LogP contribution in [-0.4, -0.2) is 20.8 Å². The van der Waals surface area contributed by atoms with Crippen LogP contribution < -0.4 is 5.73 Å². The molecular formula is C14H20N4O. The number of nitrogens with zero attached hydrogens (tertiary/aromatic N) is 2. The van der Waals surface area contributed by atoms with Crippen LogP contribution in [-0.2, 0) is 17.8 Å². The molecule has 0 bridgehead atoms. The van der Waals surface area contributed by atoms with Crippen LogP contribution in [0.5, 0.6) is 0 Å². The predicted octanol–water partition coefficient (Wildman–Crippen LogP) is 2.51. The molecule has 0 spiro atoms. The molecule has 0 fully saturated rings. The highest BCUT2D eigenvalue weighted by Gasteiger charge is 2.31. The van der Waals surface area contributed by atoms with Crippen molar-refractivity contribution < 1.29 is 4.74 Å². The Hall–Kier alpha value is -1.62. The van der Waals surface area contributed by atoms with Gasteiger partial charge in [0.15, 0.2) is 5.65 Å². The summed E-state index contributed by atoms with van der Waals surface area (Å²) in [4.78, 5) is 4.70. The average Bonchev–Trinajstić information content (AvgIpc) is 2.68. The van der Waals surface area contributed by atoms with Crippen molar-refractivity contribution in [3.05, 3.63) is 16.8 Å². The van der Waals surface area contributed by atoms with Crippen LogP contribution in [0.25, 0.3) is 11.0 Å². The van der Waals surface area contributed by atoms with Crippen molar-refractivity contribution in [1.82, 2.24) is 15.2 Å². The van der Waals surface area contributed by atoms with E-state index in [1.165, 1.54) is 5.56 Å². The highest BCUT2D eigenvalue weighted by molar-refractivity contribution is 5.90. The Balaban J connectivity index is 2.32. The molecule has 0 unspecified atom stereocenters. The summed E-state index contributed by atoms with van der Waals surface area (Å²) >= 11 is 0. The number of aromatic nitrogens is 3. The first-order chi connectivity index (χ1) is 8.89. The summed E-state index contributed by atoms with van der Waals surface area (Å²) in [7, 11) is 0. The van der Waals surface area contributed by atoms with E-state index >= 15 is 0 Å². The third-order valence-corrected chi connectivity index (χ3v) is 3.73. The van der Waals surface area contributed by atoms with Crippen LogP contribution >= 0.6 is 0 Å². The fraction of sp³-hybridized carbons (Fsp3) is 0.571. The molecule has 3 N–H and O–H groups in total. The van der Waals surface area contributed by atoms with Crippen molar-refractivity contribution in [1.29, 1.82) is 0 Å². The van der Waals surface area contributed by atoms with Gasteiger partial charge in [-0.1, -0.05) is 13.8 Å². The molecule has 0 saturated heterocycles. The summed E-state index contributed by atoms with van der Waals surface area (Å²) in [5.74, 6) is 0.947. The molecule has 0 atom stereocenters. The van der Waals surface area contributed by atoms with Crippen molar-refractivity contribution in [3.8, 4) is 0 Å². The lowest BCUT2D eigenvalue weighted by Gasteiger charge is -2.33. The van der Waals surface area contributed by atoms with Gasteiger partial charge in [-0.25, -0.2) is 4.98 Å². The molecule has 1 aliphatic heterocycles. The third kappa shape index (κ3) is 1.89. The number of aromatic amines is 1. The highest BCUT2D eigenvalue weighted by atomic mass is 16.5. The van der Waals surface area contributed by atoms with E-state index in [0.717, 1.165) is 23.1 Å². The normalized spacial score (nSPS) is 17.9. The predicted molar refractivity (Wildman–Crippen MR) is 75.0 cm³/mol. The summed E-state index contributed by atoms with van der Waals surface area (Å²) in [5, 5.41) is 7.94. The van der Waals surface area contributed by atoms with Gasteiger partial charge in [-0.3, -0.25) is 5.10 Å². The average molecular weight is 260 g/mol. The number of nitrogen functional groups attached to an aromatic ring is 1. The maximum absolute atomic E-state index is 5.98. The van der Waals surface area contributed by atoms with E-state index < -0.39 is 0 Å². The van der Waals surface area contributed by atoms with E-state index in [1.54, 1.807) is 0 Å². The first-order valence-electron chi connectivity index (χ1n) is 6.68. The fourth-order valence-electron chi connectivity index (χ4n) is 2.79. The van der Waals surface area contributed by atoms with Crippen molar-refractivity contribution in [2.45, 2.75) is 52.2 Å². The number of hydrogen-bond donors (Lipinski definition) is 2. The third-order valence-electron chi connectivity index (χ3n) is 3.73. The van der Waals surface area contributed by atoms with Crippen LogP contribution in [0, 0.1) is 0 Å². The van der Waals surface area contributed by atoms with Crippen LogP contribution in [0.3, 0.4) is 0 Å². The SMILES string of the molecule is CC(C)c1nc2n[nH]c(N)c2c2c1CC(C)(C)OC2. The van der Waals surface area contributed by atoms with Crippen LogP contribution in [0.4, 0.5) is 5.82 Å². The summed E-state index contributed by atoms with van der Waals surface area (Å²) in [6, 6.07) is 0. The monoisotopic (exact) mass is 260 g/mol. The molecule has 2 aromatic rings. The minimum absolute atomic E-state index is 0.148. The van der Waals surface area contributed by atoms with Crippen LogP contribution in [0.2, 0.25) is 0 Å². The summed E-state index contributed by atoms with van der Waals surface area (Å²) in [6.07, 6.45) is 0.864.